The van der Waals surface area contributed by atoms with E-state index >= 15 is 0 Å². The molecule has 1 aromatic heterocycles. The van der Waals surface area contributed by atoms with Gasteiger partial charge in [-0.2, -0.15) is 5.10 Å². The molecule has 0 unspecified atom stereocenters. The highest BCUT2D eigenvalue weighted by Gasteiger charge is 2.07. The van der Waals surface area contributed by atoms with Crippen LogP contribution in [0.4, 0.5) is 5.69 Å². The van der Waals surface area contributed by atoms with Gasteiger partial charge >= 0.3 is 0 Å². The van der Waals surface area contributed by atoms with Crippen LogP contribution < -0.4 is 5.32 Å². The Balaban J connectivity index is 1.96. The number of benzene rings is 1. The fraction of sp³-hybridized carbons (Fsp3) is 0.333. The topological polar surface area (TPSA) is 61.0 Å². The third kappa shape index (κ3) is 3.68. The Morgan fingerprint density at radius 2 is 1.95 bits per heavy atom. The molecule has 5 nitrogen and oxygen atoms in total. The maximum absolute atomic E-state index is 11.9. The molecular formula is C15H20N4O. The van der Waals surface area contributed by atoms with Crippen molar-refractivity contribution in [3.63, 3.8) is 0 Å². The lowest BCUT2D eigenvalue weighted by molar-refractivity contribution is 0.102. The Labute approximate surface area is 119 Å². The molecule has 0 aliphatic heterocycles. The molecule has 2 N–H and O–H groups in total. The maximum atomic E-state index is 11.9. The number of aromatic amines is 1. The Hall–Kier alpha value is -2.14. The summed E-state index contributed by atoms with van der Waals surface area (Å²) in [5.41, 5.74) is 2.56. The quantitative estimate of drug-likeness (QED) is 0.849. The maximum Gasteiger partial charge on any atom is 0.258 e. The van der Waals surface area contributed by atoms with Crippen molar-refractivity contribution in [2.24, 2.45) is 0 Å². The second-order valence-electron chi connectivity index (χ2n) is 4.60. The summed E-state index contributed by atoms with van der Waals surface area (Å²) in [5.74, 6) is -0.157. The van der Waals surface area contributed by atoms with Crippen LogP contribution >= 0.6 is 0 Å². The van der Waals surface area contributed by atoms with Crippen molar-refractivity contribution in [2.75, 3.05) is 18.4 Å². The molecule has 0 aliphatic rings. The summed E-state index contributed by atoms with van der Waals surface area (Å²) < 4.78 is 0. The summed E-state index contributed by atoms with van der Waals surface area (Å²) in [6, 6.07) is 7.94. The number of carbonyl (C=O) groups excluding carboxylic acids is 1. The molecule has 0 bridgehead atoms. The van der Waals surface area contributed by atoms with Crippen LogP contribution in [0.3, 0.4) is 0 Å². The van der Waals surface area contributed by atoms with Gasteiger partial charge in [-0.3, -0.25) is 14.8 Å². The second kappa shape index (κ2) is 6.86. The minimum absolute atomic E-state index is 0.157. The van der Waals surface area contributed by atoms with Crippen molar-refractivity contribution in [1.29, 1.82) is 0 Å². The number of hydrogen-bond donors (Lipinski definition) is 2. The molecule has 1 amide bonds. The average molecular weight is 272 g/mol. The summed E-state index contributed by atoms with van der Waals surface area (Å²) in [4.78, 5) is 14.2. The first-order chi connectivity index (χ1) is 9.72. The highest BCUT2D eigenvalue weighted by molar-refractivity contribution is 6.03. The lowest BCUT2D eigenvalue weighted by atomic mass is 10.2. The van der Waals surface area contributed by atoms with Crippen molar-refractivity contribution in [2.45, 2.75) is 20.4 Å². The molecule has 0 atom stereocenters. The molecule has 0 spiro atoms. The van der Waals surface area contributed by atoms with Crippen molar-refractivity contribution < 1.29 is 4.79 Å². The van der Waals surface area contributed by atoms with Gasteiger partial charge in [0.15, 0.2) is 0 Å². The van der Waals surface area contributed by atoms with Crippen LogP contribution in [0, 0.1) is 0 Å². The average Bonchev–Trinajstić information content (AvgIpc) is 3.01. The highest BCUT2D eigenvalue weighted by atomic mass is 16.1. The van der Waals surface area contributed by atoms with E-state index in [4.69, 9.17) is 0 Å². The number of aromatic nitrogens is 2. The highest BCUT2D eigenvalue weighted by Crippen LogP contribution is 2.12. The van der Waals surface area contributed by atoms with Crippen LogP contribution in [-0.2, 0) is 6.54 Å². The first kappa shape index (κ1) is 14.3. The zero-order valence-electron chi connectivity index (χ0n) is 11.9. The SMILES string of the molecule is CCN(CC)Cc1ccc(NC(=O)c2cn[nH]c2)cc1. The van der Waals surface area contributed by atoms with Gasteiger partial charge in [-0.05, 0) is 30.8 Å². The molecular weight excluding hydrogens is 252 g/mol. The van der Waals surface area contributed by atoms with E-state index in [0.717, 1.165) is 25.3 Å². The Kier molecular flexibility index (Phi) is 4.90. The van der Waals surface area contributed by atoms with Crippen molar-refractivity contribution in [1.82, 2.24) is 15.1 Å². The summed E-state index contributed by atoms with van der Waals surface area (Å²) in [7, 11) is 0. The van der Waals surface area contributed by atoms with Gasteiger partial charge in [0.1, 0.15) is 0 Å². The molecule has 0 saturated carbocycles. The molecule has 0 radical (unpaired) electrons. The molecule has 1 heterocycles. The van der Waals surface area contributed by atoms with Crippen molar-refractivity contribution in [3.05, 3.63) is 47.8 Å². The monoisotopic (exact) mass is 272 g/mol. The van der Waals surface area contributed by atoms with Gasteiger partial charge in [0.25, 0.3) is 5.91 Å². The van der Waals surface area contributed by atoms with E-state index in [1.165, 1.54) is 11.8 Å². The Bertz CT molecular complexity index is 530. The van der Waals surface area contributed by atoms with Gasteiger partial charge in [0, 0.05) is 18.4 Å². The van der Waals surface area contributed by atoms with Gasteiger partial charge in [0.05, 0.1) is 11.8 Å². The summed E-state index contributed by atoms with van der Waals surface area (Å²) in [5, 5.41) is 9.22. The zero-order valence-corrected chi connectivity index (χ0v) is 11.9. The smallest absolute Gasteiger partial charge is 0.258 e. The summed E-state index contributed by atoms with van der Waals surface area (Å²) in [6.45, 7) is 7.32. The number of amides is 1. The Morgan fingerprint density at radius 1 is 1.25 bits per heavy atom. The fourth-order valence-corrected chi connectivity index (χ4v) is 1.98. The summed E-state index contributed by atoms with van der Waals surface area (Å²) >= 11 is 0. The van der Waals surface area contributed by atoms with Gasteiger partial charge < -0.3 is 5.32 Å². The van der Waals surface area contributed by atoms with Gasteiger partial charge in [0.2, 0.25) is 0 Å². The number of hydrogen-bond acceptors (Lipinski definition) is 3. The van der Waals surface area contributed by atoms with E-state index in [2.05, 4.69) is 34.3 Å². The normalized spacial score (nSPS) is 10.8. The van der Waals surface area contributed by atoms with Crippen molar-refractivity contribution >= 4 is 11.6 Å². The first-order valence-electron chi connectivity index (χ1n) is 6.84. The number of rotatable bonds is 6. The van der Waals surface area contributed by atoms with Gasteiger partial charge in [-0.1, -0.05) is 26.0 Å². The minimum Gasteiger partial charge on any atom is -0.322 e. The van der Waals surface area contributed by atoms with E-state index < -0.39 is 0 Å². The van der Waals surface area contributed by atoms with E-state index in [9.17, 15) is 4.79 Å². The van der Waals surface area contributed by atoms with Crippen LogP contribution in [0.5, 0.6) is 0 Å². The number of H-pyrrole nitrogens is 1. The fourth-order valence-electron chi connectivity index (χ4n) is 1.98. The predicted molar refractivity (Wildman–Crippen MR) is 79.6 cm³/mol. The number of carbonyl (C=O) groups is 1. The number of nitrogens with zero attached hydrogens (tertiary/aromatic N) is 2. The molecule has 106 valence electrons. The largest absolute Gasteiger partial charge is 0.322 e. The first-order valence-corrected chi connectivity index (χ1v) is 6.84. The van der Waals surface area contributed by atoms with Crippen LogP contribution in [0.15, 0.2) is 36.7 Å². The Morgan fingerprint density at radius 3 is 2.50 bits per heavy atom. The zero-order chi connectivity index (χ0) is 14.4. The van der Waals surface area contributed by atoms with Gasteiger partial charge in [-0.25, -0.2) is 0 Å². The standard InChI is InChI=1S/C15H20N4O/c1-3-19(4-2)11-12-5-7-14(8-6-12)18-15(20)13-9-16-17-10-13/h5-10H,3-4,11H2,1-2H3,(H,16,17)(H,18,20). The van der Waals surface area contributed by atoms with Crippen LogP contribution in [0.2, 0.25) is 0 Å². The van der Waals surface area contributed by atoms with E-state index in [1.807, 2.05) is 24.3 Å². The molecule has 0 fully saturated rings. The molecule has 1 aromatic carbocycles. The molecule has 2 rings (SSSR count). The molecule has 0 aliphatic carbocycles. The van der Waals surface area contributed by atoms with E-state index in [-0.39, 0.29) is 5.91 Å². The minimum atomic E-state index is -0.157. The third-order valence-corrected chi connectivity index (χ3v) is 3.27. The molecule has 0 saturated heterocycles. The van der Waals surface area contributed by atoms with Crippen LogP contribution in [0.1, 0.15) is 29.8 Å². The van der Waals surface area contributed by atoms with Gasteiger partial charge in [-0.15, -0.1) is 0 Å². The molecule has 2 aromatic rings. The van der Waals surface area contributed by atoms with Crippen LogP contribution in [-0.4, -0.2) is 34.1 Å². The van der Waals surface area contributed by atoms with Crippen LogP contribution in [0.25, 0.3) is 0 Å². The van der Waals surface area contributed by atoms with Crippen molar-refractivity contribution in [3.8, 4) is 0 Å². The van der Waals surface area contributed by atoms with E-state index in [0.29, 0.717) is 5.56 Å². The molecule has 5 heteroatoms. The second-order valence-corrected chi connectivity index (χ2v) is 4.60. The summed E-state index contributed by atoms with van der Waals surface area (Å²) in [6.07, 6.45) is 3.08. The lowest BCUT2D eigenvalue weighted by Gasteiger charge is -2.18. The predicted octanol–water partition coefficient (Wildman–Crippen LogP) is 2.50. The lowest BCUT2D eigenvalue weighted by Crippen LogP contribution is -2.22. The van der Waals surface area contributed by atoms with E-state index in [1.54, 1.807) is 6.20 Å². The number of nitrogens with one attached hydrogen (secondary N) is 2. The molecule has 20 heavy (non-hydrogen) atoms. The number of anilines is 1. The third-order valence-electron chi connectivity index (χ3n) is 3.27.